The molecule has 1 aliphatic carbocycles. The summed E-state index contributed by atoms with van der Waals surface area (Å²) in [6, 6.07) is 7.62. The highest BCUT2D eigenvalue weighted by Crippen LogP contribution is 2.45. The molecule has 2 nitrogen and oxygen atoms in total. The van der Waals surface area contributed by atoms with Crippen LogP contribution in [0.3, 0.4) is 0 Å². The summed E-state index contributed by atoms with van der Waals surface area (Å²) in [6.45, 7) is 0.658. The Morgan fingerprint density at radius 1 is 1.40 bits per heavy atom. The Labute approximate surface area is 98.8 Å². The lowest BCUT2D eigenvalue weighted by atomic mass is 10.1. The fourth-order valence-corrected chi connectivity index (χ4v) is 1.85. The molecule has 1 aromatic carbocycles. The molecule has 0 spiro atoms. The van der Waals surface area contributed by atoms with Crippen LogP contribution in [0.15, 0.2) is 18.2 Å². The van der Waals surface area contributed by atoms with E-state index in [0.717, 1.165) is 18.5 Å². The molecule has 0 aliphatic heterocycles. The van der Waals surface area contributed by atoms with Gasteiger partial charge in [0, 0.05) is 11.6 Å². The molecule has 1 saturated carbocycles. The summed E-state index contributed by atoms with van der Waals surface area (Å²) in [4.78, 5) is 0. The van der Waals surface area contributed by atoms with E-state index in [1.165, 1.54) is 0 Å². The zero-order valence-corrected chi connectivity index (χ0v) is 9.57. The first-order valence-electron chi connectivity index (χ1n) is 4.75. The number of anilines is 1. The van der Waals surface area contributed by atoms with Crippen LogP contribution in [0.2, 0.25) is 10.0 Å². The van der Waals surface area contributed by atoms with E-state index in [9.17, 15) is 0 Å². The van der Waals surface area contributed by atoms with Crippen LogP contribution >= 0.6 is 23.2 Å². The largest absolute Gasteiger partial charge is 0.382 e. The van der Waals surface area contributed by atoms with Crippen molar-refractivity contribution < 1.29 is 0 Å². The maximum absolute atomic E-state index is 8.90. The SMILES string of the molecule is N#CC1(CNc2ccc(Cl)cc2Cl)CC1. The minimum atomic E-state index is -0.164. The Hall–Kier alpha value is -0.910. The molecule has 0 bridgehead atoms. The molecule has 1 N–H and O–H groups in total. The van der Waals surface area contributed by atoms with Gasteiger partial charge in [-0.05, 0) is 31.0 Å². The Bertz CT molecular complexity index is 419. The Balaban J connectivity index is 2.03. The van der Waals surface area contributed by atoms with Crippen molar-refractivity contribution in [2.75, 3.05) is 11.9 Å². The maximum atomic E-state index is 8.90. The summed E-state index contributed by atoms with van der Waals surface area (Å²) in [6.07, 6.45) is 1.95. The number of hydrogen-bond acceptors (Lipinski definition) is 2. The molecule has 4 heteroatoms. The van der Waals surface area contributed by atoms with Gasteiger partial charge in [-0.3, -0.25) is 0 Å². The van der Waals surface area contributed by atoms with Crippen molar-refractivity contribution in [2.24, 2.45) is 5.41 Å². The lowest BCUT2D eigenvalue weighted by Crippen LogP contribution is -2.13. The van der Waals surface area contributed by atoms with Gasteiger partial charge in [0.1, 0.15) is 0 Å². The minimum Gasteiger partial charge on any atom is -0.382 e. The molecule has 0 radical (unpaired) electrons. The second-order valence-corrected chi connectivity index (χ2v) is 4.71. The summed E-state index contributed by atoms with van der Waals surface area (Å²) >= 11 is 11.8. The number of nitrogens with zero attached hydrogens (tertiary/aromatic N) is 1. The molecular weight excluding hydrogens is 231 g/mol. The van der Waals surface area contributed by atoms with Crippen molar-refractivity contribution in [1.82, 2.24) is 0 Å². The summed E-state index contributed by atoms with van der Waals surface area (Å²) in [5.74, 6) is 0. The quantitative estimate of drug-likeness (QED) is 0.875. The highest BCUT2D eigenvalue weighted by molar-refractivity contribution is 6.36. The molecule has 0 unspecified atom stereocenters. The van der Waals surface area contributed by atoms with Crippen LogP contribution in [-0.4, -0.2) is 6.54 Å². The first kappa shape index (κ1) is 10.6. The number of rotatable bonds is 3. The van der Waals surface area contributed by atoms with Crippen LogP contribution in [0, 0.1) is 16.7 Å². The maximum Gasteiger partial charge on any atom is 0.0747 e. The fourth-order valence-electron chi connectivity index (χ4n) is 1.38. The molecule has 0 atom stereocenters. The van der Waals surface area contributed by atoms with Gasteiger partial charge in [-0.25, -0.2) is 0 Å². The van der Waals surface area contributed by atoms with Gasteiger partial charge < -0.3 is 5.32 Å². The average molecular weight is 241 g/mol. The molecule has 0 aromatic heterocycles. The number of nitrogens with one attached hydrogen (secondary N) is 1. The lowest BCUT2D eigenvalue weighted by molar-refractivity contribution is 0.711. The third-order valence-electron chi connectivity index (χ3n) is 2.64. The van der Waals surface area contributed by atoms with Crippen molar-refractivity contribution in [3.05, 3.63) is 28.2 Å². The first-order chi connectivity index (χ1) is 7.15. The van der Waals surface area contributed by atoms with Crippen molar-refractivity contribution in [2.45, 2.75) is 12.8 Å². The van der Waals surface area contributed by atoms with E-state index in [-0.39, 0.29) is 5.41 Å². The van der Waals surface area contributed by atoms with Gasteiger partial charge in [0.25, 0.3) is 0 Å². The van der Waals surface area contributed by atoms with Gasteiger partial charge in [0.05, 0.1) is 22.2 Å². The number of hydrogen-bond donors (Lipinski definition) is 1. The van der Waals surface area contributed by atoms with Gasteiger partial charge in [-0.1, -0.05) is 23.2 Å². The molecule has 1 aliphatic rings. The Morgan fingerprint density at radius 3 is 2.67 bits per heavy atom. The predicted octanol–water partition coefficient (Wildman–Crippen LogP) is 3.71. The van der Waals surface area contributed by atoms with Crippen molar-refractivity contribution in [1.29, 1.82) is 5.26 Å². The van der Waals surface area contributed by atoms with Crippen LogP contribution in [0.4, 0.5) is 5.69 Å². The van der Waals surface area contributed by atoms with Crippen LogP contribution in [0.25, 0.3) is 0 Å². The minimum absolute atomic E-state index is 0.164. The Morgan fingerprint density at radius 2 is 2.13 bits per heavy atom. The normalized spacial score (nSPS) is 16.9. The second-order valence-electron chi connectivity index (χ2n) is 3.87. The summed E-state index contributed by atoms with van der Waals surface area (Å²) in [7, 11) is 0. The predicted molar refractivity (Wildman–Crippen MR) is 62.2 cm³/mol. The van der Waals surface area contributed by atoms with E-state index in [0.29, 0.717) is 16.6 Å². The van der Waals surface area contributed by atoms with Crippen LogP contribution < -0.4 is 5.32 Å². The highest BCUT2D eigenvalue weighted by atomic mass is 35.5. The number of halogens is 2. The van der Waals surface area contributed by atoms with Crippen molar-refractivity contribution in [3.63, 3.8) is 0 Å². The van der Waals surface area contributed by atoms with Crippen LogP contribution in [0.1, 0.15) is 12.8 Å². The van der Waals surface area contributed by atoms with Crippen molar-refractivity contribution >= 4 is 28.9 Å². The summed E-state index contributed by atoms with van der Waals surface area (Å²) < 4.78 is 0. The van der Waals surface area contributed by atoms with Gasteiger partial charge in [0.15, 0.2) is 0 Å². The molecule has 1 aromatic rings. The molecule has 0 amide bonds. The number of nitriles is 1. The molecule has 15 heavy (non-hydrogen) atoms. The molecular formula is C11H10Cl2N2. The third kappa shape index (κ3) is 2.37. The zero-order valence-electron chi connectivity index (χ0n) is 8.06. The van der Waals surface area contributed by atoms with Gasteiger partial charge in [0.2, 0.25) is 0 Å². The van der Waals surface area contributed by atoms with Crippen molar-refractivity contribution in [3.8, 4) is 6.07 Å². The molecule has 2 rings (SSSR count). The lowest BCUT2D eigenvalue weighted by Gasteiger charge is -2.10. The molecule has 0 saturated heterocycles. The standard InChI is InChI=1S/C11H10Cl2N2/c12-8-1-2-10(9(13)5-8)15-7-11(6-14)3-4-11/h1-2,5,15H,3-4,7H2. The highest BCUT2D eigenvalue weighted by Gasteiger charge is 2.42. The Kier molecular flexibility index (Phi) is 2.77. The average Bonchev–Trinajstić information content (AvgIpc) is 2.97. The van der Waals surface area contributed by atoms with E-state index in [2.05, 4.69) is 11.4 Å². The second kappa shape index (κ2) is 3.92. The molecule has 1 fully saturated rings. The third-order valence-corrected chi connectivity index (χ3v) is 3.19. The first-order valence-corrected chi connectivity index (χ1v) is 5.51. The van der Waals surface area contributed by atoms with Gasteiger partial charge in [-0.2, -0.15) is 5.26 Å². The molecule has 78 valence electrons. The zero-order chi connectivity index (χ0) is 10.9. The topological polar surface area (TPSA) is 35.8 Å². The van der Waals surface area contributed by atoms with E-state index in [1.807, 2.05) is 6.07 Å². The smallest absolute Gasteiger partial charge is 0.0747 e. The van der Waals surface area contributed by atoms with Crippen LogP contribution in [0.5, 0.6) is 0 Å². The van der Waals surface area contributed by atoms with E-state index >= 15 is 0 Å². The van der Waals surface area contributed by atoms with E-state index < -0.39 is 0 Å². The van der Waals surface area contributed by atoms with Gasteiger partial charge >= 0.3 is 0 Å². The fraction of sp³-hybridized carbons (Fsp3) is 0.364. The molecule has 0 heterocycles. The summed E-state index contributed by atoms with van der Waals surface area (Å²) in [5.41, 5.74) is 0.672. The number of benzene rings is 1. The monoisotopic (exact) mass is 240 g/mol. The van der Waals surface area contributed by atoms with Gasteiger partial charge in [-0.15, -0.1) is 0 Å². The van der Waals surface area contributed by atoms with E-state index in [1.54, 1.807) is 12.1 Å². The van der Waals surface area contributed by atoms with E-state index in [4.69, 9.17) is 28.5 Å². The summed E-state index contributed by atoms with van der Waals surface area (Å²) in [5, 5.41) is 13.3. The van der Waals surface area contributed by atoms with Crippen LogP contribution in [-0.2, 0) is 0 Å².